The molecule has 1 aliphatic carbocycles. The number of nitrogens with zero attached hydrogens (tertiary/aromatic N) is 1. The van der Waals surface area contributed by atoms with E-state index in [-0.39, 0.29) is 0 Å². The zero-order valence-corrected chi connectivity index (χ0v) is 17.1. The van der Waals surface area contributed by atoms with Crippen LogP contribution >= 0.6 is 11.3 Å². The molecule has 148 valence electrons. The third-order valence-electron chi connectivity index (χ3n) is 5.26. The molecule has 0 aliphatic heterocycles. The van der Waals surface area contributed by atoms with Crippen LogP contribution in [0.4, 0.5) is 10.8 Å². The maximum Gasteiger partial charge on any atom is 0.187 e. The predicted octanol–water partition coefficient (Wildman–Crippen LogP) is 5.31. The lowest BCUT2D eigenvalue weighted by Crippen LogP contribution is -2.09. The molecule has 1 atom stereocenters. The molecule has 0 radical (unpaired) electrons. The molecule has 0 saturated heterocycles. The third kappa shape index (κ3) is 3.89. The summed E-state index contributed by atoms with van der Waals surface area (Å²) >= 11 is 1.73. The lowest BCUT2D eigenvalue weighted by Gasteiger charge is -2.21. The van der Waals surface area contributed by atoms with Crippen LogP contribution in [0.1, 0.15) is 40.5 Å². The van der Waals surface area contributed by atoms with Gasteiger partial charge in [-0.1, -0.05) is 30.3 Å². The average Bonchev–Trinajstić information content (AvgIpc) is 3.18. The summed E-state index contributed by atoms with van der Waals surface area (Å²) in [4.78, 5) is 6.32. The third-order valence-corrected chi connectivity index (χ3v) is 6.30. The smallest absolute Gasteiger partial charge is 0.187 e. The number of hydrogen-bond donors (Lipinski definition) is 3. The Hall–Kier alpha value is -3.12. The highest BCUT2D eigenvalue weighted by Crippen LogP contribution is 2.41. The Bertz CT molecular complexity index is 1040. The predicted molar refractivity (Wildman–Crippen MR) is 121 cm³/mol. The first-order chi connectivity index (χ1) is 14.2. The number of methoxy groups -OCH3 is 1. The molecule has 4 rings (SSSR count). The van der Waals surface area contributed by atoms with Crippen molar-refractivity contribution < 1.29 is 4.74 Å². The standard InChI is InChI=1S/C23H24N4OS/c1-28-20-12-17(10-11-18(20)16(13-24)14-25)26-23-27-22-19(8-5-9-21(22)29-23)15-6-3-2-4-7-15/h2-4,6-7,10-14,19,24H,5,8-9,25H2,1H3,(H,26,27)/b16-14+,24-13?. The molecule has 29 heavy (non-hydrogen) atoms. The molecule has 1 aromatic heterocycles. The van der Waals surface area contributed by atoms with Crippen molar-refractivity contribution in [3.05, 3.63) is 76.4 Å². The van der Waals surface area contributed by atoms with Crippen molar-refractivity contribution in [1.82, 2.24) is 4.98 Å². The Balaban J connectivity index is 1.61. The van der Waals surface area contributed by atoms with Crippen LogP contribution in [-0.4, -0.2) is 18.3 Å². The van der Waals surface area contributed by atoms with Crippen LogP contribution < -0.4 is 15.8 Å². The summed E-state index contributed by atoms with van der Waals surface area (Å²) in [7, 11) is 1.62. The Morgan fingerprint density at radius 3 is 2.83 bits per heavy atom. The summed E-state index contributed by atoms with van der Waals surface area (Å²) in [5.74, 6) is 1.03. The van der Waals surface area contributed by atoms with Crippen LogP contribution in [0.3, 0.4) is 0 Å². The quantitative estimate of drug-likeness (QED) is 0.486. The molecule has 6 heteroatoms. The molecule has 5 nitrogen and oxygen atoms in total. The van der Waals surface area contributed by atoms with Gasteiger partial charge in [-0.3, -0.25) is 0 Å². The number of nitrogens with one attached hydrogen (secondary N) is 2. The van der Waals surface area contributed by atoms with Gasteiger partial charge in [0.25, 0.3) is 0 Å². The SMILES string of the molecule is COc1cc(Nc2nc3c(s2)CCCC3c2ccccc2)ccc1/C(C=N)=C/N. The van der Waals surface area contributed by atoms with Crippen LogP contribution in [0.5, 0.6) is 5.75 Å². The van der Waals surface area contributed by atoms with Crippen molar-refractivity contribution in [3.8, 4) is 5.75 Å². The van der Waals surface area contributed by atoms with Crippen LogP contribution in [0, 0.1) is 5.41 Å². The summed E-state index contributed by atoms with van der Waals surface area (Å²) < 4.78 is 5.51. The van der Waals surface area contributed by atoms with Gasteiger partial charge in [-0.15, -0.1) is 11.3 Å². The summed E-state index contributed by atoms with van der Waals surface area (Å²) in [6.45, 7) is 0. The average molecular weight is 405 g/mol. The maximum absolute atomic E-state index is 7.51. The molecule has 0 saturated carbocycles. The van der Waals surface area contributed by atoms with Crippen LogP contribution in [0.15, 0.2) is 54.7 Å². The van der Waals surface area contributed by atoms with E-state index in [9.17, 15) is 0 Å². The fourth-order valence-electron chi connectivity index (χ4n) is 3.83. The summed E-state index contributed by atoms with van der Waals surface area (Å²) in [6, 6.07) is 16.4. The van der Waals surface area contributed by atoms with Gasteiger partial charge < -0.3 is 21.2 Å². The van der Waals surface area contributed by atoms with Crippen molar-refractivity contribution >= 4 is 33.9 Å². The van der Waals surface area contributed by atoms with Crippen LogP contribution in [-0.2, 0) is 6.42 Å². The van der Waals surface area contributed by atoms with Crippen molar-refractivity contribution in [2.45, 2.75) is 25.2 Å². The van der Waals surface area contributed by atoms with Gasteiger partial charge in [-0.05, 0) is 37.0 Å². The zero-order chi connectivity index (χ0) is 20.2. The lowest BCUT2D eigenvalue weighted by atomic mass is 9.85. The largest absolute Gasteiger partial charge is 0.496 e. The van der Waals surface area contributed by atoms with Gasteiger partial charge >= 0.3 is 0 Å². The number of thiazole rings is 1. The molecule has 0 spiro atoms. The Kier molecular flexibility index (Phi) is 5.62. The minimum Gasteiger partial charge on any atom is -0.496 e. The number of ether oxygens (including phenoxy) is 1. The minimum atomic E-state index is 0.369. The van der Waals surface area contributed by atoms with Gasteiger partial charge in [0.15, 0.2) is 5.13 Å². The number of benzene rings is 2. The van der Waals surface area contributed by atoms with Crippen molar-refractivity contribution in [2.75, 3.05) is 12.4 Å². The maximum atomic E-state index is 7.51. The normalized spacial score (nSPS) is 16.2. The molecular weight excluding hydrogens is 380 g/mol. The first-order valence-electron chi connectivity index (χ1n) is 9.66. The monoisotopic (exact) mass is 404 g/mol. The van der Waals surface area contributed by atoms with Gasteiger partial charge in [0.05, 0.1) is 12.8 Å². The molecule has 4 N–H and O–H groups in total. The number of aromatic nitrogens is 1. The number of allylic oxidation sites excluding steroid dienone is 1. The summed E-state index contributed by atoms with van der Waals surface area (Å²) in [6.07, 6.45) is 6.05. The van der Waals surface area contributed by atoms with Crippen molar-refractivity contribution in [1.29, 1.82) is 5.41 Å². The Morgan fingerprint density at radius 2 is 2.10 bits per heavy atom. The molecule has 1 unspecified atom stereocenters. The number of aryl methyl sites for hydroxylation is 1. The number of fused-ring (bicyclic) bond motifs is 1. The molecular formula is C23H24N4OS. The Labute approximate surface area is 174 Å². The highest BCUT2D eigenvalue weighted by atomic mass is 32.1. The van der Waals surface area contributed by atoms with E-state index >= 15 is 0 Å². The molecule has 3 aromatic rings. The number of hydrogen-bond acceptors (Lipinski definition) is 6. The first kappa shape index (κ1) is 19.2. The number of nitrogens with two attached hydrogens (primary N) is 1. The molecule has 0 bridgehead atoms. The highest BCUT2D eigenvalue weighted by Gasteiger charge is 2.26. The van der Waals surface area contributed by atoms with E-state index in [1.54, 1.807) is 18.4 Å². The lowest BCUT2D eigenvalue weighted by molar-refractivity contribution is 0.414. The second-order valence-electron chi connectivity index (χ2n) is 6.99. The second-order valence-corrected chi connectivity index (χ2v) is 8.07. The van der Waals surface area contributed by atoms with Gasteiger partial charge in [0.1, 0.15) is 5.75 Å². The fourth-order valence-corrected chi connectivity index (χ4v) is 4.91. The van der Waals surface area contributed by atoms with Crippen LogP contribution in [0.25, 0.3) is 5.57 Å². The van der Waals surface area contributed by atoms with Crippen molar-refractivity contribution in [3.63, 3.8) is 0 Å². The van der Waals surface area contributed by atoms with Gasteiger partial charge in [0.2, 0.25) is 0 Å². The molecule has 1 aliphatic rings. The molecule has 0 fully saturated rings. The van der Waals surface area contributed by atoms with E-state index in [2.05, 4.69) is 35.6 Å². The van der Waals surface area contributed by atoms with E-state index in [0.29, 0.717) is 17.2 Å². The molecule has 1 heterocycles. The second kappa shape index (κ2) is 8.49. The highest BCUT2D eigenvalue weighted by molar-refractivity contribution is 7.15. The number of anilines is 2. The van der Waals surface area contributed by atoms with E-state index in [1.807, 2.05) is 18.2 Å². The van der Waals surface area contributed by atoms with Gasteiger partial charge in [-0.2, -0.15) is 0 Å². The van der Waals surface area contributed by atoms with Crippen molar-refractivity contribution in [2.24, 2.45) is 5.73 Å². The first-order valence-corrected chi connectivity index (χ1v) is 10.5. The number of rotatable bonds is 6. The van der Waals surface area contributed by atoms with Gasteiger partial charge in [-0.25, -0.2) is 4.98 Å². The minimum absolute atomic E-state index is 0.369. The summed E-state index contributed by atoms with van der Waals surface area (Å²) in [5.41, 5.74) is 10.5. The topological polar surface area (TPSA) is 84.0 Å². The van der Waals surface area contributed by atoms with E-state index < -0.39 is 0 Å². The Morgan fingerprint density at radius 1 is 1.28 bits per heavy atom. The van der Waals surface area contributed by atoms with Gasteiger partial charge in [0, 0.05) is 46.1 Å². The fraction of sp³-hybridized carbons (Fsp3) is 0.217. The van der Waals surface area contributed by atoms with Crippen LogP contribution in [0.2, 0.25) is 0 Å². The van der Waals surface area contributed by atoms with E-state index in [4.69, 9.17) is 20.9 Å². The summed E-state index contributed by atoms with van der Waals surface area (Å²) in [5, 5.41) is 11.8. The molecule has 0 amide bonds. The van der Waals surface area contributed by atoms with E-state index in [0.717, 1.165) is 29.2 Å². The molecule has 2 aromatic carbocycles. The van der Waals surface area contributed by atoms with E-state index in [1.165, 1.54) is 35.0 Å². The zero-order valence-electron chi connectivity index (χ0n) is 16.3.